The SMILES string of the molecule is CCCCCCCCCCCC(=O)NCCCN(C(=O)Nc1ccccc1OC)c1ccccc1. The fraction of sp³-hybridized carbons (Fsp3) is 0.517. The topological polar surface area (TPSA) is 70.7 Å². The average Bonchev–Trinajstić information content (AvgIpc) is 2.88. The maximum Gasteiger partial charge on any atom is 0.326 e. The molecule has 192 valence electrons. The average molecular weight is 482 g/mol. The molecule has 0 radical (unpaired) electrons. The number of hydrogen-bond acceptors (Lipinski definition) is 3. The Morgan fingerprint density at radius 3 is 2.11 bits per heavy atom. The number of rotatable bonds is 17. The number of anilines is 2. The second-order valence-corrected chi connectivity index (χ2v) is 8.90. The Morgan fingerprint density at radius 1 is 0.800 bits per heavy atom. The van der Waals surface area contributed by atoms with Gasteiger partial charge in [-0.1, -0.05) is 88.6 Å². The van der Waals surface area contributed by atoms with E-state index in [9.17, 15) is 9.59 Å². The number of unbranched alkanes of at least 4 members (excludes halogenated alkanes) is 8. The highest BCUT2D eigenvalue weighted by Crippen LogP contribution is 2.24. The minimum Gasteiger partial charge on any atom is -0.495 e. The van der Waals surface area contributed by atoms with Gasteiger partial charge in [-0.2, -0.15) is 0 Å². The largest absolute Gasteiger partial charge is 0.495 e. The lowest BCUT2D eigenvalue weighted by Crippen LogP contribution is -2.37. The molecule has 0 saturated carbocycles. The number of urea groups is 1. The van der Waals surface area contributed by atoms with Gasteiger partial charge in [0, 0.05) is 25.2 Å². The number of carbonyl (C=O) groups excluding carboxylic acids is 2. The number of methoxy groups -OCH3 is 1. The Bertz CT molecular complexity index is 857. The molecule has 0 unspecified atom stereocenters. The number of nitrogens with one attached hydrogen (secondary N) is 2. The van der Waals surface area contributed by atoms with Crippen LogP contribution in [0.25, 0.3) is 0 Å². The van der Waals surface area contributed by atoms with Crippen molar-refractivity contribution in [1.29, 1.82) is 0 Å². The van der Waals surface area contributed by atoms with Crippen molar-refractivity contribution in [3.63, 3.8) is 0 Å². The number of nitrogens with zero attached hydrogens (tertiary/aromatic N) is 1. The molecule has 0 aliphatic carbocycles. The molecule has 0 atom stereocenters. The molecule has 3 amide bonds. The molecule has 0 aromatic heterocycles. The Labute approximate surface area is 211 Å². The number of para-hydroxylation sites is 3. The van der Waals surface area contributed by atoms with Crippen LogP contribution in [0, 0.1) is 0 Å². The predicted molar refractivity (Wildman–Crippen MR) is 145 cm³/mol. The quantitative estimate of drug-likeness (QED) is 0.235. The van der Waals surface area contributed by atoms with E-state index >= 15 is 0 Å². The van der Waals surface area contributed by atoms with Crippen molar-refractivity contribution in [2.24, 2.45) is 0 Å². The monoisotopic (exact) mass is 481 g/mol. The molecule has 2 aromatic rings. The molecule has 6 nitrogen and oxygen atoms in total. The third kappa shape index (κ3) is 11.3. The highest BCUT2D eigenvalue weighted by atomic mass is 16.5. The van der Waals surface area contributed by atoms with Gasteiger partial charge in [-0.15, -0.1) is 0 Å². The van der Waals surface area contributed by atoms with Gasteiger partial charge in [-0.05, 0) is 37.1 Å². The van der Waals surface area contributed by atoms with E-state index in [2.05, 4.69) is 17.6 Å². The van der Waals surface area contributed by atoms with E-state index in [1.807, 2.05) is 54.6 Å². The van der Waals surface area contributed by atoms with Crippen molar-refractivity contribution in [1.82, 2.24) is 5.32 Å². The van der Waals surface area contributed by atoms with Crippen LogP contribution in [0.3, 0.4) is 0 Å². The lowest BCUT2D eigenvalue weighted by Gasteiger charge is -2.24. The van der Waals surface area contributed by atoms with Crippen LogP contribution >= 0.6 is 0 Å². The van der Waals surface area contributed by atoms with Crippen LogP contribution in [0.4, 0.5) is 16.2 Å². The van der Waals surface area contributed by atoms with E-state index < -0.39 is 0 Å². The van der Waals surface area contributed by atoms with Gasteiger partial charge in [0.05, 0.1) is 12.8 Å². The summed E-state index contributed by atoms with van der Waals surface area (Å²) in [7, 11) is 1.58. The lowest BCUT2D eigenvalue weighted by molar-refractivity contribution is -0.121. The van der Waals surface area contributed by atoms with Crippen LogP contribution in [0.2, 0.25) is 0 Å². The van der Waals surface area contributed by atoms with Crippen molar-refractivity contribution < 1.29 is 14.3 Å². The molecular weight excluding hydrogens is 438 g/mol. The van der Waals surface area contributed by atoms with Gasteiger partial charge in [-0.25, -0.2) is 4.79 Å². The summed E-state index contributed by atoms with van der Waals surface area (Å²) < 4.78 is 5.35. The summed E-state index contributed by atoms with van der Waals surface area (Å²) in [5, 5.41) is 5.95. The fourth-order valence-corrected chi connectivity index (χ4v) is 4.04. The molecule has 2 aromatic carbocycles. The van der Waals surface area contributed by atoms with E-state index in [4.69, 9.17) is 4.74 Å². The van der Waals surface area contributed by atoms with Crippen LogP contribution in [0.15, 0.2) is 54.6 Å². The smallest absolute Gasteiger partial charge is 0.326 e. The third-order valence-electron chi connectivity index (χ3n) is 6.05. The standard InChI is InChI=1S/C29H43N3O3/c1-3-4-5-6-7-8-9-10-14-22-28(33)30-23-17-24-32(25-18-12-11-13-19-25)29(34)31-26-20-15-16-21-27(26)35-2/h11-13,15-16,18-21H,3-10,14,17,22-24H2,1-2H3,(H,30,33)(H,31,34). The maximum atomic E-state index is 13.1. The first-order chi connectivity index (χ1) is 17.2. The summed E-state index contributed by atoms with van der Waals surface area (Å²) in [5.41, 5.74) is 1.43. The Kier molecular flexibility index (Phi) is 14.0. The second kappa shape index (κ2) is 17.4. The highest BCUT2D eigenvalue weighted by molar-refractivity contribution is 6.02. The zero-order chi connectivity index (χ0) is 25.1. The number of benzene rings is 2. The van der Waals surface area contributed by atoms with Crippen LogP contribution in [0.1, 0.15) is 77.6 Å². The maximum absolute atomic E-state index is 13.1. The molecule has 0 aliphatic heterocycles. The normalized spacial score (nSPS) is 10.6. The van der Waals surface area contributed by atoms with Gasteiger partial charge < -0.3 is 15.4 Å². The van der Waals surface area contributed by atoms with Crippen LogP contribution in [-0.2, 0) is 4.79 Å². The number of hydrogen-bond donors (Lipinski definition) is 2. The van der Waals surface area contributed by atoms with Crippen molar-refractivity contribution in [3.8, 4) is 5.75 Å². The number of carbonyl (C=O) groups is 2. The number of amides is 3. The molecule has 0 saturated heterocycles. The van der Waals surface area contributed by atoms with Crippen LogP contribution in [0.5, 0.6) is 5.75 Å². The van der Waals surface area contributed by atoms with Gasteiger partial charge in [-0.3, -0.25) is 9.69 Å². The zero-order valence-electron chi connectivity index (χ0n) is 21.6. The van der Waals surface area contributed by atoms with Gasteiger partial charge in [0.15, 0.2) is 0 Å². The molecule has 0 fully saturated rings. The lowest BCUT2D eigenvalue weighted by atomic mass is 10.1. The summed E-state index contributed by atoms with van der Waals surface area (Å²) in [4.78, 5) is 27.0. The summed E-state index contributed by atoms with van der Waals surface area (Å²) in [6.07, 6.45) is 12.4. The van der Waals surface area contributed by atoms with Gasteiger partial charge in [0.1, 0.15) is 5.75 Å². The van der Waals surface area contributed by atoms with Gasteiger partial charge >= 0.3 is 6.03 Å². The second-order valence-electron chi connectivity index (χ2n) is 8.90. The molecule has 2 rings (SSSR count). The van der Waals surface area contributed by atoms with Gasteiger partial charge in [0.2, 0.25) is 5.91 Å². The van der Waals surface area contributed by atoms with E-state index in [1.54, 1.807) is 12.0 Å². The molecule has 35 heavy (non-hydrogen) atoms. The fourth-order valence-electron chi connectivity index (χ4n) is 4.04. The van der Waals surface area contributed by atoms with E-state index in [-0.39, 0.29) is 11.9 Å². The van der Waals surface area contributed by atoms with Crippen molar-refractivity contribution in [3.05, 3.63) is 54.6 Å². The first-order valence-electron chi connectivity index (χ1n) is 13.2. The Hall–Kier alpha value is -3.02. The molecular formula is C29H43N3O3. The van der Waals surface area contributed by atoms with Crippen molar-refractivity contribution >= 4 is 23.3 Å². The van der Waals surface area contributed by atoms with Crippen LogP contribution < -0.4 is 20.3 Å². The summed E-state index contributed by atoms with van der Waals surface area (Å²) in [6, 6.07) is 16.7. The third-order valence-corrected chi connectivity index (χ3v) is 6.05. The first-order valence-corrected chi connectivity index (χ1v) is 13.2. The summed E-state index contributed by atoms with van der Waals surface area (Å²) in [6.45, 7) is 3.27. The zero-order valence-corrected chi connectivity index (χ0v) is 21.6. The Morgan fingerprint density at radius 2 is 1.43 bits per heavy atom. The first kappa shape index (κ1) is 28.2. The highest BCUT2D eigenvalue weighted by Gasteiger charge is 2.17. The minimum atomic E-state index is -0.235. The van der Waals surface area contributed by atoms with Crippen molar-refractivity contribution in [2.45, 2.75) is 77.6 Å². The minimum absolute atomic E-state index is 0.0951. The molecule has 0 bridgehead atoms. The van der Waals surface area contributed by atoms with E-state index in [0.717, 1.165) is 18.5 Å². The molecule has 0 spiro atoms. The predicted octanol–water partition coefficient (Wildman–Crippen LogP) is 7.16. The Balaban J connectivity index is 1.71. The van der Waals surface area contributed by atoms with E-state index in [1.165, 1.54) is 44.9 Å². The molecule has 0 aliphatic rings. The van der Waals surface area contributed by atoms with Crippen molar-refractivity contribution in [2.75, 3.05) is 30.4 Å². The van der Waals surface area contributed by atoms with Crippen LogP contribution in [-0.4, -0.2) is 32.1 Å². The molecule has 2 N–H and O–H groups in total. The van der Waals surface area contributed by atoms with Gasteiger partial charge in [0.25, 0.3) is 0 Å². The molecule has 0 heterocycles. The summed E-state index contributed by atoms with van der Waals surface area (Å²) in [5.74, 6) is 0.704. The molecule has 6 heteroatoms. The summed E-state index contributed by atoms with van der Waals surface area (Å²) >= 11 is 0. The van der Waals surface area contributed by atoms with E-state index in [0.29, 0.717) is 37.4 Å². The number of ether oxygens (including phenoxy) is 1.